The van der Waals surface area contributed by atoms with Crippen molar-refractivity contribution in [2.24, 2.45) is 0 Å². The molecule has 1 atom stereocenters. The molecule has 2 aromatic heterocycles. The van der Waals surface area contributed by atoms with Crippen molar-refractivity contribution in [3.63, 3.8) is 0 Å². The lowest BCUT2D eigenvalue weighted by Crippen LogP contribution is -2.26. The molecule has 0 saturated carbocycles. The average Bonchev–Trinajstić information content (AvgIpc) is 3.57. The van der Waals surface area contributed by atoms with E-state index in [1.807, 2.05) is 60.8 Å². The smallest absolute Gasteiger partial charge is 0.333 e. The Labute approximate surface area is 225 Å². The third-order valence-corrected chi connectivity index (χ3v) is 7.42. The Hall–Kier alpha value is -3.94. The number of aliphatic carboxylic acids is 1. The fraction of sp³-hybridized carbons (Fsp3) is 0.226. The van der Waals surface area contributed by atoms with Gasteiger partial charge in [0.25, 0.3) is 0 Å². The van der Waals surface area contributed by atoms with E-state index < -0.39 is 12.1 Å². The van der Waals surface area contributed by atoms with Crippen LogP contribution in [0.4, 0.5) is 0 Å². The fourth-order valence-corrected chi connectivity index (χ4v) is 5.41. The van der Waals surface area contributed by atoms with Crippen LogP contribution in [0.3, 0.4) is 0 Å². The van der Waals surface area contributed by atoms with Gasteiger partial charge in [-0.15, -0.1) is 11.3 Å². The standard InChI is InChI=1S/C31H29NO5S/c1-3-35-28(31(33)34)19-24-13-14-27(25-16-18-38-29(24)25)36-17-15-26-20(2)37-30(32-26)23-11-9-22(10-12-23)21-7-5-4-6-8-21/h4-14,16,18,28H,3,15,17,19H2,1-2H3,(H,33,34). The van der Waals surface area contributed by atoms with Gasteiger partial charge in [-0.1, -0.05) is 48.5 Å². The van der Waals surface area contributed by atoms with Crippen LogP contribution in [-0.2, 0) is 22.4 Å². The molecule has 1 N–H and O–H groups in total. The Morgan fingerprint density at radius 1 is 1.00 bits per heavy atom. The number of aryl methyl sites for hydroxylation is 1. The normalized spacial score (nSPS) is 12.1. The molecule has 0 fully saturated rings. The minimum absolute atomic E-state index is 0.313. The molecular formula is C31H29NO5S. The SMILES string of the molecule is CCOC(Cc1ccc(OCCc2nc(-c3ccc(-c4ccccc4)cc3)oc2C)c2ccsc12)C(=O)O. The van der Waals surface area contributed by atoms with Gasteiger partial charge in [0.15, 0.2) is 6.10 Å². The van der Waals surface area contributed by atoms with Gasteiger partial charge >= 0.3 is 5.97 Å². The van der Waals surface area contributed by atoms with Gasteiger partial charge < -0.3 is 19.0 Å². The van der Waals surface area contributed by atoms with E-state index in [-0.39, 0.29) is 0 Å². The molecule has 6 nitrogen and oxygen atoms in total. The van der Waals surface area contributed by atoms with E-state index in [2.05, 4.69) is 24.3 Å². The fourth-order valence-electron chi connectivity index (χ4n) is 4.48. The molecule has 0 radical (unpaired) electrons. The molecule has 0 aliphatic heterocycles. The van der Waals surface area contributed by atoms with Gasteiger partial charge in [0, 0.05) is 35.1 Å². The van der Waals surface area contributed by atoms with Gasteiger partial charge in [0.05, 0.1) is 12.3 Å². The highest BCUT2D eigenvalue weighted by Gasteiger charge is 2.20. The van der Waals surface area contributed by atoms with Crippen LogP contribution in [0.2, 0.25) is 0 Å². The molecule has 3 aromatic carbocycles. The van der Waals surface area contributed by atoms with Crippen LogP contribution in [0.25, 0.3) is 32.7 Å². The molecule has 7 heteroatoms. The van der Waals surface area contributed by atoms with Crippen LogP contribution < -0.4 is 4.74 Å². The molecule has 0 aliphatic carbocycles. The minimum Gasteiger partial charge on any atom is -0.493 e. The Balaban J connectivity index is 1.25. The number of ether oxygens (including phenoxy) is 2. The number of carboxylic acid groups (broad SMARTS) is 1. The van der Waals surface area contributed by atoms with Crippen LogP contribution in [0.5, 0.6) is 5.75 Å². The van der Waals surface area contributed by atoms with E-state index in [0.717, 1.165) is 44.0 Å². The maximum Gasteiger partial charge on any atom is 0.333 e. The summed E-state index contributed by atoms with van der Waals surface area (Å²) in [5, 5.41) is 12.4. The highest BCUT2D eigenvalue weighted by molar-refractivity contribution is 7.17. The topological polar surface area (TPSA) is 81.8 Å². The Bertz CT molecular complexity index is 1520. The maximum absolute atomic E-state index is 11.5. The van der Waals surface area contributed by atoms with E-state index in [4.69, 9.17) is 18.9 Å². The summed E-state index contributed by atoms with van der Waals surface area (Å²) in [4.78, 5) is 16.3. The maximum atomic E-state index is 11.5. The first-order chi connectivity index (χ1) is 18.5. The van der Waals surface area contributed by atoms with Crippen LogP contribution in [0.15, 0.2) is 82.6 Å². The third kappa shape index (κ3) is 5.64. The molecular weight excluding hydrogens is 498 g/mol. The van der Waals surface area contributed by atoms with Crippen LogP contribution in [0.1, 0.15) is 23.9 Å². The van der Waals surface area contributed by atoms with Crippen LogP contribution >= 0.6 is 11.3 Å². The summed E-state index contributed by atoms with van der Waals surface area (Å²) in [6.07, 6.45) is 0.0557. The number of benzene rings is 3. The zero-order valence-corrected chi connectivity index (χ0v) is 22.2. The quantitative estimate of drug-likeness (QED) is 0.196. The molecule has 0 amide bonds. The second kappa shape index (κ2) is 11.6. The van der Waals surface area contributed by atoms with Crippen molar-refractivity contribution < 1.29 is 23.8 Å². The average molecular weight is 528 g/mol. The van der Waals surface area contributed by atoms with E-state index in [0.29, 0.717) is 31.9 Å². The molecule has 1 unspecified atom stereocenters. The summed E-state index contributed by atoms with van der Waals surface area (Å²) in [5.41, 5.74) is 5.06. The van der Waals surface area contributed by atoms with Crippen LogP contribution in [0, 0.1) is 6.92 Å². The van der Waals surface area contributed by atoms with Gasteiger partial charge in [-0.2, -0.15) is 0 Å². The molecule has 0 aliphatic rings. The minimum atomic E-state index is -0.952. The Kier molecular flexibility index (Phi) is 7.86. The largest absolute Gasteiger partial charge is 0.493 e. The van der Waals surface area contributed by atoms with Crippen LogP contribution in [-0.4, -0.2) is 35.4 Å². The summed E-state index contributed by atoms with van der Waals surface area (Å²) >= 11 is 1.58. The molecule has 194 valence electrons. The lowest BCUT2D eigenvalue weighted by Gasteiger charge is -2.14. The summed E-state index contributed by atoms with van der Waals surface area (Å²) in [5.74, 6) is 1.20. The molecule has 2 heterocycles. The van der Waals surface area contributed by atoms with Gasteiger partial charge in [-0.05, 0) is 60.2 Å². The number of oxazole rings is 1. The predicted molar refractivity (Wildman–Crippen MR) is 150 cm³/mol. The van der Waals surface area contributed by atoms with Crippen molar-refractivity contribution in [3.05, 3.63) is 95.2 Å². The van der Waals surface area contributed by atoms with Crippen molar-refractivity contribution in [3.8, 4) is 28.3 Å². The Morgan fingerprint density at radius 3 is 2.47 bits per heavy atom. The number of aromatic nitrogens is 1. The summed E-state index contributed by atoms with van der Waals surface area (Å²) < 4.78 is 18.5. The number of thiophene rings is 1. The van der Waals surface area contributed by atoms with E-state index in [1.165, 1.54) is 5.56 Å². The zero-order valence-electron chi connectivity index (χ0n) is 21.3. The predicted octanol–water partition coefficient (Wildman–Crippen LogP) is 7.19. The molecule has 5 aromatic rings. The number of fused-ring (bicyclic) bond motifs is 1. The van der Waals surface area contributed by atoms with Crippen molar-refractivity contribution >= 4 is 27.4 Å². The lowest BCUT2D eigenvalue weighted by molar-refractivity contribution is -0.149. The van der Waals surface area contributed by atoms with Crippen molar-refractivity contribution in [1.29, 1.82) is 0 Å². The molecule has 0 saturated heterocycles. The van der Waals surface area contributed by atoms with Gasteiger partial charge in [0.2, 0.25) is 5.89 Å². The number of carbonyl (C=O) groups is 1. The van der Waals surface area contributed by atoms with E-state index >= 15 is 0 Å². The number of hydrogen-bond donors (Lipinski definition) is 1. The first kappa shape index (κ1) is 25.7. The van der Waals surface area contributed by atoms with Crippen molar-refractivity contribution in [2.75, 3.05) is 13.2 Å². The Morgan fingerprint density at radius 2 is 1.74 bits per heavy atom. The molecule has 0 spiro atoms. The van der Waals surface area contributed by atoms with Gasteiger partial charge in [0.1, 0.15) is 11.5 Å². The molecule has 38 heavy (non-hydrogen) atoms. The monoisotopic (exact) mass is 527 g/mol. The second-order valence-corrected chi connectivity index (χ2v) is 9.85. The third-order valence-electron chi connectivity index (χ3n) is 6.43. The number of hydrogen-bond acceptors (Lipinski definition) is 6. The molecule has 5 rings (SSSR count). The van der Waals surface area contributed by atoms with Gasteiger partial charge in [-0.3, -0.25) is 0 Å². The number of carboxylic acids is 1. The van der Waals surface area contributed by atoms with Gasteiger partial charge in [-0.25, -0.2) is 9.78 Å². The lowest BCUT2D eigenvalue weighted by atomic mass is 10.0. The summed E-state index contributed by atoms with van der Waals surface area (Å²) in [6.45, 7) is 4.52. The van der Waals surface area contributed by atoms with Crippen molar-refractivity contribution in [2.45, 2.75) is 32.8 Å². The van der Waals surface area contributed by atoms with E-state index in [9.17, 15) is 9.90 Å². The first-order valence-corrected chi connectivity index (χ1v) is 13.5. The number of nitrogens with zero attached hydrogens (tertiary/aromatic N) is 1. The highest BCUT2D eigenvalue weighted by atomic mass is 32.1. The van der Waals surface area contributed by atoms with Crippen molar-refractivity contribution in [1.82, 2.24) is 4.98 Å². The first-order valence-electron chi connectivity index (χ1n) is 12.6. The number of rotatable bonds is 11. The summed E-state index contributed by atoms with van der Waals surface area (Å²) in [6, 6.07) is 24.3. The highest BCUT2D eigenvalue weighted by Crippen LogP contribution is 2.34. The second-order valence-electron chi connectivity index (χ2n) is 8.94. The van der Waals surface area contributed by atoms with E-state index in [1.54, 1.807) is 18.3 Å². The zero-order chi connectivity index (χ0) is 26.5. The molecule has 0 bridgehead atoms. The summed E-state index contributed by atoms with van der Waals surface area (Å²) in [7, 11) is 0.